The molecule has 0 bridgehead atoms. The Bertz CT molecular complexity index is 907. The van der Waals surface area contributed by atoms with E-state index in [4.69, 9.17) is 4.98 Å². The minimum atomic E-state index is 0.938. The second kappa shape index (κ2) is 4.17. The van der Waals surface area contributed by atoms with Crippen LogP contribution in [0, 0.1) is 6.92 Å². The maximum Gasteiger partial charge on any atom is 0.146 e. The van der Waals surface area contributed by atoms with Gasteiger partial charge in [-0.15, -0.1) is 0 Å². The van der Waals surface area contributed by atoms with Crippen LogP contribution in [0.2, 0.25) is 0 Å². The number of hydrogen-bond acceptors (Lipinski definition) is 2. The maximum atomic E-state index is 4.81. The van der Waals surface area contributed by atoms with Crippen molar-refractivity contribution >= 4 is 16.7 Å². The van der Waals surface area contributed by atoms with Crippen LogP contribution in [0.1, 0.15) is 5.69 Å². The number of imidazole rings is 1. The quantitative estimate of drug-likeness (QED) is 0.519. The van der Waals surface area contributed by atoms with Crippen LogP contribution in [0.5, 0.6) is 0 Å². The number of nitrogens with zero attached hydrogens (tertiary/aromatic N) is 3. The number of fused-ring (bicyclic) bond motifs is 3. The molecule has 0 atom stereocenters. The summed E-state index contributed by atoms with van der Waals surface area (Å²) in [5, 5.41) is 1.12. The van der Waals surface area contributed by atoms with Gasteiger partial charge in [0.2, 0.25) is 0 Å². The molecule has 96 valence electrons. The van der Waals surface area contributed by atoms with Crippen molar-refractivity contribution in [3.8, 4) is 11.3 Å². The minimum absolute atomic E-state index is 0.938. The lowest BCUT2D eigenvalue weighted by Gasteiger charge is -2.05. The van der Waals surface area contributed by atoms with Crippen LogP contribution in [0.4, 0.5) is 0 Å². The molecule has 0 aliphatic heterocycles. The summed E-state index contributed by atoms with van der Waals surface area (Å²) >= 11 is 0. The highest BCUT2D eigenvalue weighted by Crippen LogP contribution is 2.22. The molecule has 4 aromatic rings. The standard InChI is InChI=1S/C17H13N3/c1-12-11-20-16(18-12)10-8-14-7-9-15(19-17(14)20)13-5-3-2-4-6-13/h2-11H,1H3. The highest BCUT2D eigenvalue weighted by Gasteiger charge is 2.06. The van der Waals surface area contributed by atoms with Crippen LogP contribution in [0.15, 0.2) is 60.8 Å². The van der Waals surface area contributed by atoms with Crippen LogP contribution in [-0.2, 0) is 0 Å². The molecule has 0 saturated carbocycles. The van der Waals surface area contributed by atoms with Gasteiger partial charge < -0.3 is 0 Å². The Morgan fingerprint density at radius 2 is 1.65 bits per heavy atom. The van der Waals surface area contributed by atoms with E-state index in [9.17, 15) is 0 Å². The Morgan fingerprint density at radius 1 is 0.850 bits per heavy atom. The monoisotopic (exact) mass is 259 g/mol. The number of pyridine rings is 2. The van der Waals surface area contributed by atoms with Crippen LogP contribution in [0.3, 0.4) is 0 Å². The van der Waals surface area contributed by atoms with E-state index in [1.54, 1.807) is 0 Å². The van der Waals surface area contributed by atoms with Gasteiger partial charge in [0.05, 0.1) is 11.4 Å². The zero-order valence-corrected chi connectivity index (χ0v) is 11.1. The fourth-order valence-electron chi connectivity index (χ4n) is 2.52. The zero-order valence-electron chi connectivity index (χ0n) is 11.1. The highest BCUT2D eigenvalue weighted by molar-refractivity contribution is 5.81. The van der Waals surface area contributed by atoms with Crippen molar-refractivity contribution in [3.63, 3.8) is 0 Å². The Morgan fingerprint density at radius 3 is 2.50 bits per heavy atom. The van der Waals surface area contributed by atoms with Gasteiger partial charge in [-0.2, -0.15) is 0 Å². The first-order chi connectivity index (χ1) is 9.81. The lowest BCUT2D eigenvalue weighted by Crippen LogP contribution is -1.92. The first-order valence-electron chi connectivity index (χ1n) is 6.62. The van der Waals surface area contributed by atoms with Gasteiger partial charge in [-0.05, 0) is 31.2 Å². The molecule has 3 heteroatoms. The molecule has 20 heavy (non-hydrogen) atoms. The van der Waals surface area contributed by atoms with Crippen molar-refractivity contribution in [2.24, 2.45) is 0 Å². The maximum absolute atomic E-state index is 4.81. The molecule has 3 nitrogen and oxygen atoms in total. The molecule has 3 heterocycles. The summed E-state index contributed by atoms with van der Waals surface area (Å²) < 4.78 is 2.05. The first-order valence-corrected chi connectivity index (χ1v) is 6.62. The Labute approximate surface area is 116 Å². The number of benzene rings is 1. The van der Waals surface area contributed by atoms with Crippen molar-refractivity contribution < 1.29 is 0 Å². The summed E-state index contributed by atoms with van der Waals surface area (Å²) in [5.41, 5.74) is 5.00. The van der Waals surface area contributed by atoms with Crippen molar-refractivity contribution in [1.29, 1.82) is 0 Å². The summed E-state index contributed by atoms with van der Waals surface area (Å²) in [7, 11) is 0. The molecule has 0 spiro atoms. The number of aromatic nitrogens is 3. The molecule has 0 fully saturated rings. The third kappa shape index (κ3) is 1.67. The Hall–Kier alpha value is -2.68. The Balaban J connectivity index is 2.04. The van der Waals surface area contributed by atoms with Crippen molar-refractivity contribution in [3.05, 3.63) is 66.5 Å². The van der Waals surface area contributed by atoms with E-state index >= 15 is 0 Å². The lowest BCUT2D eigenvalue weighted by molar-refractivity contribution is 1.19. The van der Waals surface area contributed by atoms with Gasteiger partial charge in [0, 0.05) is 17.1 Å². The van der Waals surface area contributed by atoms with Gasteiger partial charge in [0.1, 0.15) is 11.3 Å². The molecule has 0 aliphatic carbocycles. The predicted molar refractivity (Wildman–Crippen MR) is 80.7 cm³/mol. The summed E-state index contributed by atoms with van der Waals surface area (Å²) in [6.07, 6.45) is 2.03. The topological polar surface area (TPSA) is 30.2 Å². The SMILES string of the molecule is Cc1cn2c(ccc3ccc(-c4ccccc4)nc32)n1. The molecule has 0 N–H and O–H groups in total. The van der Waals surface area contributed by atoms with Gasteiger partial charge in [-0.1, -0.05) is 30.3 Å². The van der Waals surface area contributed by atoms with Crippen LogP contribution < -0.4 is 0 Å². The van der Waals surface area contributed by atoms with Crippen LogP contribution in [-0.4, -0.2) is 14.4 Å². The average molecular weight is 259 g/mol. The van der Waals surface area contributed by atoms with E-state index in [0.717, 1.165) is 33.6 Å². The van der Waals surface area contributed by atoms with Gasteiger partial charge in [-0.25, -0.2) is 9.97 Å². The largest absolute Gasteiger partial charge is 0.284 e. The fraction of sp³-hybridized carbons (Fsp3) is 0.0588. The van der Waals surface area contributed by atoms with Gasteiger partial charge in [-0.3, -0.25) is 4.40 Å². The van der Waals surface area contributed by atoms with Crippen molar-refractivity contribution in [2.45, 2.75) is 6.92 Å². The fourth-order valence-corrected chi connectivity index (χ4v) is 2.52. The third-order valence-electron chi connectivity index (χ3n) is 3.47. The number of rotatable bonds is 1. The normalized spacial score (nSPS) is 11.2. The third-order valence-corrected chi connectivity index (χ3v) is 3.47. The first kappa shape index (κ1) is 11.2. The predicted octanol–water partition coefficient (Wildman–Crippen LogP) is 3.86. The van der Waals surface area contributed by atoms with Gasteiger partial charge in [0.25, 0.3) is 0 Å². The molecule has 1 aromatic carbocycles. The number of hydrogen-bond donors (Lipinski definition) is 0. The molecular formula is C17H13N3. The molecule has 0 unspecified atom stereocenters. The Kier molecular flexibility index (Phi) is 2.33. The second-order valence-electron chi connectivity index (χ2n) is 4.92. The van der Waals surface area contributed by atoms with Crippen LogP contribution in [0.25, 0.3) is 27.9 Å². The van der Waals surface area contributed by atoms with E-state index in [1.807, 2.05) is 37.4 Å². The molecule has 0 amide bonds. The van der Waals surface area contributed by atoms with Crippen molar-refractivity contribution in [1.82, 2.24) is 14.4 Å². The van der Waals surface area contributed by atoms with Gasteiger partial charge >= 0.3 is 0 Å². The molecule has 4 rings (SSSR count). The molecule has 0 aliphatic rings. The van der Waals surface area contributed by atoms with E-state index < -0.39 is 0 Å². The lowest BCUT2D eigenvalue weighted by atomic mass is 10.1. The molecule has 0 radical (unpaired) electrons. The molecule has 3 aromatic heterocycles. The van der Waals surface area contributed by atoms with E-state index in [-0.39, 0.29) is 0 Å². The summed E-state index contributed by atoms with van der Waals surface area (Å²) in [6.45, 7) is 2.00. The second-order valence-corrected chi connectivity index (χ2v) is 4.92. The van der Waals surface area contributed by atoms with E-state index in [1.165, 1.54) is 0 Å². The highest BCUT2D eigenvalue weighted by atomic mass is 15.0. The zero-order chi connectivity index (χ0) is 13.5. The summed E-state index contributed by atoms with van der Waals surface area (Å²) in [6, 6.07) is 18.5. The summed E-state index contributed by atoms with van der Waals surface area (Å²) in [5.74, 6) is 0. The van der Waals surface area contributed by atoms with Gasteiger partial charge in [0.15, 0.2) is 0 Å². The summed E-state index contributed by atoms with van der Waals surface area (Å²) in [4.78, 5) is 9.30. The van der Waals surface area contributed by atoms with E-state index in [0.29, 0.717) is 0 Å². The van der Waals surface area contributed by atoms with Crippen LogP contribution >= 0.6 is 0 Å². The molecule has 0 saturated heterocycles. The van der Waals surface area contributed by atoms with E-state index in [2.05, 4.69) is 39.7 Å². The molecular weight excluding hydrogens is 246 g/mol. The van der Waals surface area contributed by atoms with Crippen molar-refractivity contribution in [2.75, 3.05) is 0 Å². The minimum Gasteiger partial charge on any atom is -0.284 e. The smallest absolute Gasteiger partial charge is 0.146 e. The average Bonchev–Trinajstić information content (AvgIpc) is 2.88. The number of aryl methyl sites for hydroxylation is 1.